The van der Waals surface area contributed by atoms with E-state index in [4.69, 9.17) is 10.2 Å². The topological polar surface area (TPSA) is 52.5 Å². The molecule has 8 heavy (non-hydrogen) atoms. The molecule has 0 atom stereocenters. The molecule has 0 aromatic rings. The van der Waals surface area contributed by atoms with Crippen molar-refractivity contribution in [3.8, 4) is 0 Å². The third kappa shape index (κ3) is 9.30. The normalized spacial score (nSPS) is 8.25. The number of aliphatic hydroxyl groups is 2. The Kier molecular flexibility index (Phi) is 13.5. The average Bonchev–Trinajstić information content (AvgIpc) is 1.69. The van der Waals surface area contributed by atoms with Crippen molar-refractivity contribution in [2.45, 2.75) is 7.43 Å². The molecular weight excluding hydrogens is 106 g/mol. The molecule has 0 unspecified atom stereocenters. The zero-order valence-corrected chi connectivity index (χ0v) is 4.22. The largest absolute Gasteiger partial charge is 0.395 e. The highest BCUT2D eigenvalue weighted by molar-refractivity contribution is 4.39. The van der Waals surface area contributed by atoms with E-state index in [9.17, 15) is 0 Å². The average molecular weight is 121 g/mol. The summed E-state index contributed by atoms with van der Waals surface area (Å²) in [6, 6.07) is 0. The van der Waals surface area contributed by atoms with Gasteiger partial charge in [-0.2, -0.15) is 0 Å². The molecule has 3 N–H and O–H groups in total. The lowest BCUT2D eigenvalue weighted by atomic mass is 10.6. The van der Waals surface area contributed by atoms with Crippen LogP contribution in [0.2, 0.25) is 0 Å². The molecule has 0 spiro atoms. The van der Waals surface area contributed by atoms with Gasteiger partial charge in [0.15, 0.2) is 0 Å². The summed E-state index contributed by atoms with van der Waals surface area (Å²) < 4.78 is 0. The Labute approximate surface area is 50.3 Å². The highest BCUT2D eigenvalue weighted by atomic mass is 16.3. The lowest BCUT2D eigenvalue weighted by Gasteiger charge is -1.94. The van der Waals surface area contributed by atoms with Crippen molar-refractivity contribution in [2.75, 3.05) is 26.3 Å². The molecular formula is C5H15NO2. The van der Waals surface area contributed by atoms with E-state index in [1.807, 2.05) is 0 Å². The van der Waals surface area contributed by atoms with E-state index in [-0.39, 0.29) is 20.6 Å². The number of hydrogen-bond donors (Lipinski definition) is 3. The Bertz CT molecular complexity index is 29.6. The van der Waals surface area contributed by atoms with Crippen LogP contribution in [0.15, 0.2) is 0 Å². The van der Waals surface area contributed by atoms with Crippen LogP contribution >= 0.6 is 0 Å². The summed E-state index contributed by atoms with van der Waals surface area (Å²) in [5, 5.41) is 19.1. The van der Waals surface area contributed by atoms with Crippen LogP contribution in [0.3, 0.4) is 0 Å². The molecule has 52 valence electrons. The first kappa shape index (κ1) is 10.8. The number of aliphatic hydroxyl groups excluding tert-OH is 2. The Morgan fingerprint density at radius 3 is 1.62 bits per heavy atom. The SMILES string of the molecule is C.OCCNCCO. The Balaban J connectivity index is 0. The highest BCUT2D eigenvalue weighted by Gasteiger charge is 1.78. The van der Waals surface area contributed by atoms with Crippen LogP contribution in [-0.2, 0) is 0 Å². The molecule has 0 aliphatic carbocycles. The maximum Gasteiger partial charge on any atom is 0.0555 e. The summed E-state index contributed by atoms with van der Waals surface area (Å²) in [6.07, 6.45) is 0. The quantitative estimate of drug-likeness (QED) is 0.427. The van der Waals surface area contributed by atoms with Crippen LogP contribution in [0.4, 0.5) is 0 Å². The van der Waals surface area contributed by atoms with Gasteiger partial charge in [-0.3, -0.25) is 0 Å². The Morgan fingerprint density at radius 1 is 1.00 bits per heavy atom. The molecule has 0 rings (SSSR count). The van der Waals surface area contributed by atoms with Crippen LogP contribution in [-0.4, -0.2) is 36.5 Å². The third-order valence-corrected chi connectivity index (χ3v) is 0.577. The fourth-order valence-electron chi connectivity index (χ4n) is 0.283. The van der Waals surface area contributed by atoms with Gasteiger partial charge >= 0.3 is 0 Å². The summed E-state index contributed by atoms with van der Waals surface area (Å²) in [5.74, 6) is 0. The second kappa shape index (κ2) is 9.99. The predicted octanol–water partition coefficient (Wildman–Crippen LogP) is -0.803. The number of nitrogens with one attached hydrogen (secondary N) is 1. The molecule has 3 heteroatoms. The van der Waals surface area contributed by atoms with Gasteiger partial charge in [-0.1, -0.05) is 7.43 Å². The van der Waals surface area contributed by atoms with Gasteiger partial charge in [0.25, 0.3) is 0 Å². The first-order valence-corrected chi connectivity index (χ1v) is 2.34. The molecule has 0 saturated carbocycles. The van der Waals surface area contributed by atoms with Gasteiger partial charge in [0.2, 0.25) is 0 Å². The molecule has 0 amide bonds. The molecule has 0 aromatic carbocycles. The van der Waals surface area contributed by atoms with Gasteiger partial charge in [-0.25, -0.2) is 0 Å². The second-order valence-corrected chi connectivity index (χ2v) is 1.20. The summed E-state index contributed by atoms with van der Waals surface area (Å²) in [5.41, 5.74) is 0. The van der Waals surface area contributed by atoms with Gasteiger partial charge in [-0.05, 0) is 0 Å². The summed E-state index contributed by atoms with van der Waals surface area (Å²) in [6.45, 7) is 1.42. The van der Waals surface area contributed by atoms with E-state index in [0.29, 0.717) is 13.1 Å². The van der Waals surface area contributed by atoms with Crippen molar-refractivity contribution in [3.05, 3.63) is 0 Å². The highest BCUT2D eigenvalue weighted by Crippen LogP contribution is 1.54. The fourth-order valence-corrected chi connectivity index (χ4v) is 0.283. The molecule has 0 bridgehead atoms. The molecule has 3 nitrogen and oxygen atoms in total. The van der Waals surface area contributed by atoms with E-state index in [2.05, 4.69) is 5.32 Å². The molecule has 0 aromatic heterocycles. The smallest absolute Gasteiger partial charge is 0.0555 e. The van der Waals surface area contributed by atoms with Crippen molar-refractivity contribution >= 4 is 0 Å². The van der Waals surface area contributed by atoms with Crippen molar-refractivity contribution < 1.29 is 10.2 Å². The monoisotopic (exact) mass is 121 g/mol. The minimum absolute atomic E-state index is 0. The van der Waals surface area contributed by atoms with Crippen LogP contribution in [0.1, 0.15) is 7.43 Å². The van der Waals surface area contributed by atoms with Crippen LogP contribution in [0.5, 0.6) is 0 Å². The van der Waals surface area contributed by atoms with Gasteiger partial charge in [-0.15, -0.1) is 0 Å². The maximum atomic E-state index is 8.15. The fraction of sp³-hybridized carbons (Fsp3) is 1.00. The van der Waals surface area contributed by atoms with Gasteiger partial charge in [0, 0.05) is 13.1 Å². The van der Waals surface area contributed by atoms with E-state index >= 15 is 0 Å². The maximum absolute atomic E-state index is 8.15. The van der Waals surface area contributed by atoms with Crippen molar-refractivity contribution in [1.82, 2.24) is 5.32 Å². The van der Waals surface area contributed by atoms with Gasteiger partial charge < -0.3 is 15.5 Å². The molecule has 0 fully saturated rings. The predicted molar refractivity (Wildman–Crippen MR) is 33.8 cm³/mol. The summed E-state index contributed by atoms with van der Waals surface area (Å²) in [4.78, 5) is 0. The van der Waals surface area contributed by atoms with Crippen molar-refractivity contribution in [1.29, 1.82) is 0 Å². The van der Waals surface area contributed by atoms with Crippen LogP contribution in [0, 0.1) is 0 Å². The third-order valence-electron chi connectivity index (χ3n) is 0.577. The zero-order valence-electron chi connectivity index (χ0n) is 4.22. The van der Waals surface area contributed by atoms with E-state index < -0.39 is 0 Å². The van der Waals surface area contributed by atoms with E-state index in [1.165, 1.54) is 0 Å². The van der Waals surface area contributed by atoms with Gasteiger partial charge in [0.1, 0.15) is 0 Å². The Morgan fingerprint density at radius 2 is 1.38 bits per heavy atom. The zero-order chi connectivity index (χ0) is 5.54. The number of hydrogen-bond acceptors (Lipinski definition) is 3. The summed E-state index contributed by atoms with van der Waals surface area (Å²) in [7, 11) is 0. The number of rotatable bonds is 4. The van der Waals surface area contributed by atoms with Crippen molar-refractivity contribution in [2.24, 2.45) is 0 Å². The Hall–Kier alpha value is -0.120. The first-order chi connectivity index (χ1) is 3.41. The van der Waals surface area contributed by atoms with Gasteiger partial charge in [0.05, 0.1) is 13.2 Å². The van der Waals surface area contributed by atoms with Crippen LogP contribution in [0.25, 0.3) is 0 Å². The van der Waals surface area contributed by atoms with E-state index in [1.54, 1.807) is 0 Å². The molecule has 0 aliphatic rings. The molecule has 0 radical (unpaired) electrons. The lowest BCUT2D eigenvalue weighted by Crippen LogP contribution is -2.21. The molecule has 0 saturated heterocycles. The van der Waals surface area contributed by atoms with E-state index in [0.717, 1.165) is 0 Å². The first-order valence-electron chi connectivity index (χ1n) is 2.34. The standard InChI is InChI=1S/C4H11NO2.CH4/c6-3-1-5-2-4-7;/h5-7H,1-4H2;1H4. The minimum Gasteiger partial charge on any atom is -0.395 e. The summed E-state index contributed by atoms with van der Waals surface area (Å²) >= 11 is 0. The lowest BCUT2D eigenvalue weighted by molar-refractivity contribution is 0.267. The molecule has 0 heterocycles. The van der Waals surface area contributed by atoms with Crippen molar-refractivity contribution in [3.63, 3.8) is 0 Å². The minimum atomic E-state index is 0. The molecule has 0 aliphatic heterocycles. The van der Waals surface area contributed by atoms with Crippen LogP contribution < -0.4 is 5.32 Å². The second-order valence-electron chi connectivity index (χ2n) is 1.20.